The topological polar surface area (TPSA) is 46.6 Å². The van der Waals surface area contributed by atoms with Crippen LogP contribution in [-0.2, 0) is 9.84 Å². The predicted molar refractivity (Wildman–Crippen MR) is 107 cm³/mol. The zero-order valence-corrected chi connectivity index (χ0v) is 16.7. The Bertz CT molecular complexity index is 868. The van der Waals surface area contributed by atoms with Gasteiger partial charge in [-0.3, -0.25) is 0 Å². The highest BCUT2D eigenvalue weighted by atomic mass is 35.5. The van der Waals surface area contributed by atoms with Crippen LogP contribution in [0.4, 0.5) is 11.4 Å². The Labute approximate surface area is 160 Å². The van der Waals surface area contributed by atoms with Gasteiger partial charge in [0.15, 0.2) is 9.84 Å². The first-order chi connectivity index (χ1) is 12.5. The molecule has 1 aliphatic heterocycles. The molecule has 140 valence electrons. The lowest BCUT2D eigenvalue weighted by molar-refractivity contribution is 0.413. The van der Waals surface area contributed by atoms with Gasteiger partial charge in [0, 0.05) is 18.3 Å². The first-order valence-electron chi connectivity index (χ1n) is 8.89. The quantitative estimate of drug-likeness (QED) is 0.710. The smallest absolute Gasteiger partial charge is 0.180 e. The van der Waals surface area contributed by atoms with Gasteiger partial charge in [0.2, 0.25) is 0 Å². The second-order valence-electron chi connectivity index (χ2n) is 6.69. The van der Waals surface area contributed by atoms with Gasteiger partial charge in [-0.15, -0.1) is 0 Å². The summed E-state index contributed by atoms with van der Waals surface area (Å²) >= 11 is 6.33. The largest absolute Gasteiger partial charge is 0.495 e. The molecule has 0 amide bonds. The Morgan fingerprint density at radius 3 is 2.62 bits per heavy atom. The minimum Gasteiger partial charge on any atom is -0.495 e. The fraction of sp³-hybridized carbons (Fsp3) is 0.400. The minimum atomic E-state index is -3.43. The summed E-state index contributed by atoms with van der Waals surface area (Å²) in [5, 5.41) is 0.411. The molecule has 6 heteroatoms. The van der Waals surface area contributed by atoms with Gasteiger partial charge >= 0.3 is 0 Å². The van der Waals surface area contributed by atoms with Crippen molar-refractivity contribution >= 4 is 32.8 Å². The summed E-state index contributed by atoms with van der Waals surface area (Å²) < 4.78 is 31.5. The van der Waals surface area contributed by atoms with Crippen molar-refractivity contribution in [3.05, 3.63) is 47.5 Å². The van der Waals surface area contributed by atoms with Crippen molar-refractivity contribution < 1.29 is 13.2 Å². The van der Waals surface area contributed by atoms with E-state index in [9.17, 15) is 8.42 Å². The number of benzene rings is 2. The third kappa shape index (κ3) is 3.84. The number of rotatable bonds is 5. The maximum atomic E-state index is 13.1. The van der Waals surface area contributed by atoms with E-state index in [0.717, 1.165) is 24.9 Å². The van der Waals surface area contributed by atoms with E-state index in [1.165, 1.54) is 7.11 Å². The van der Waals surface area contributed by atoms with Gasteiger partial charge in [-0.25, -0.2) is 8.42 Å². The third-order valence-corrected chi connectivity index (χ3v) is 6.99. The molecule has 2 aromatic carbocycles. The van der Waals surface area contributed by atoms with E-state index < -0.39 is 9.84 Å². The standard InChI is InChI=1S/C20H24ClNO3S/c1-3-4-8-15-13-22(16-9-6-5-7-10-16)18-11-17(21)19(25-2)12-20(18)26(23,24)14-15/h5-7,9-12,15H,3-4,8,13-14H2,1-2H3. The van der Waals surface area contributed by atoms with Gasteiger partial charge in [-0.2, -0.15) is 0 Å². The highest BCUT2D eigenvalue weighted by Crippen LogP contribution is 2.42. The maximum absolute atomic E-state index is 13.1. The van der Waals surface area contributed by atoms with Gasteiger partial charge < -0.3 is 9.64 Å². The Hall–Kier alpha value is -1.72. The molecular formula is C20H24ClNO3S. The van der Waals surface area contributed by atoms with Gasteiger partial charge in [0.25, 0.3) is 0 Å². The summed E-state index contributed by atoms with van der Waals surface area (Å²) in [6.07, 6.45) is 2.95. The first-order valence-corrected chi connectivity index (χ1v) is 10.9. The van der Waals surface area contributed by atoms with Crippen LogP contribution >= 0.6 is 11.6 Å². The van der Waals surface area contributed by atoms with Gasteiger partial charge in [0.1, 0.15) is 5.75 Å². The van der Waals surface area contributed by atoms with Crippen molar-refractivity contribution in [1.82, 2.24) is 0 Å². The zero-order chi connectivity index (χ0) is 18.7. The summed E-state index contributed by atoms with van der Waals surface area (Å²) in [6, 6.07) is 13.1. The number of ether oxygens (including phenoxy) is 1. The van der Waals surface area contributed by atoms with E-state index in [4.69, 9.17) is 16.3 Å². The fourth-order valence-electron chi connectivity index (χ4n) is 3.47. The van der Waals surface area contributed by atoms with E-state index in [1.54, 1.807) is 12.1 Å². The Balaban J connectivity index is 2.17. The summed E-state index contributed by atoms with van der Waals surface area (Å²) in [6.45, 7) is 2.78. The third-order valence-electron chi connectivity index (χ3n) is 4.79. The first kappa shape index (κ1) is 19.1. The molecule has 0 saturated heterocycles. The van der Waals surface area contributed by atoms with Crippen LogP contribution in [0.1, 0.15) is 26.2 Å². The molecule has 0 bridgehead atoms. The summed E-state index contributed by atoms with van der Waals surface area (Å²) in [5.74, 6) is 0.597. The monoisotopic (exact) mass is 393 g/mol. The number of fused-ring (bicyclic) bond motifs is 1. The van der Waals surface area contributed by atoms with Crippen molar-refractivity contribution in [3.63, 3.8) is 0 Å². The van der Waals surface area contributed by atoms with Crippen LogP contribution in [0.3, 0.4) is 0 Å². The number of sulfone groups is 1. The summed E-state index contributed by atoms with van der Waals surface area (Å²) in [7, 11) is -1.93. The number of hydrogen-bond donors (Lipinski definition) is 0. The molecule has 26 heavy (non-hydrogen) atoms. The molecule has 0 N–H and O–H groups in total. The van der Waals surface area contributed by atoms with Gasteiger partial charge in [-0.1, -0.05) is 49.6 Å². The number of nitrogens with zero attached hydrogens (tertiary/aromatic N) is 1. The van der Waals surface area contributed by atoms with Crippen molar-refractivity contribution in [2.45, 2.75) is 31.1 Å². The molecule has 1 aliphatic rings. The van der Waals surface area contributed by atoms with Gasteiger partial charge in [0.05, 0.1) is 28.5 Å². The summed E-state index contributed by atoms with van der Waals surface area (Å²) in [4.78, 5) is 2.37. The van der Waals surface area contributed by atoms with E-state index in [-0.39, 0.29) is 11.7 Å². The second kappa shape index (κ2) is 7.89. The predicted octanol–water partition coefficient (Wildman–Crippen LogP) is 5.08. The van der Waals surface area contributed by atoms with Gasteiger partial charge in [-0.05, 0) is 30.5 Å². The number of para-hydroxylation sites is 1. The lowest BCUT2D eigenvalue weighted by Gasteiger charge is -2.27. The van der Waals surface area contributed by atoms with Crippen LogP contribution in [0.15, 0.2) is 47.4 Å². The normalized spacial score (nSPS) is 18.9. The molecule has 0 radical (unpaired) electrons. The molecular weight excluding hydrogens is 370 g/mol. The average molecular weight is 394 g/mol. The van der Waals surface area contributed by atoms with Crippen LogP contribution in [0.2, 0.25) is 5.02 Å². The molecule has 0 saturated carbocycles. The molecule has 1 atom stereocenters. The SMILES string of the molecule is CCCCC1CN(c2ccccc2)c2cc(Cl)c(OC)cc2S(=O)(=O)C1. The van der Waals surface area contributed by atoms with E-state index in [2.05, 4.69) is 11.8 Å². The maximum Gasteiger partial charge on any atom is 0.180 e. The number of anilines is 2. The molecule has 1 heterocycles. The highest BCUT2D eigenvalue weighted by Gasteiger charge is 2.33. The molecule has 0 spiro atoms. The second-order valence-corrected chi connectivity index (χ2v) is 9.10. The summed E-state index contributed by atoms with van der Waals surface area (Å²) in [5.41, 5.74) is 1.59. The average Bonchev–Trinajstić information content (AvgIpc) is 2.74. The lowest BCUT2D eigenvalue weighted by atomic mass is 10.0. The van der Waals surface area contributed by atoms with Crippen LogP contribution in [0.25, 0.3) is 0 Å². The number of halogens is 1. The van der Waals surface area contributed by atoms with Crippen LogP contribution in [-0.4, -0.2) is 27.8 Å². The number of unbranched alkanes of at least 4 members (excludes halogenated alkanes) is 1. The lowest BCUT2D eigenvalue weighted by Crippen LogP contribution is -2.26. The van der Waals surface area contributed by atoms with Crippen molar-refractivity contribution in [3.8, 4) is 5.75 Å². The van der Waals surface area contributed by atoms with Crippen LogP contribution in [0, 0.1) is 5.92 Å². The van der Waals surface area contributed by atoms with E-state index >= 15 is 0 Å². The molecule has 0 fully saturated rings. The van der Waals surface area contributed by atoms with Crippen molar-refractivity contribution in [2.24, 2.45) is 5.92 Å². The van der Waals surface area contributed by atoms with E-state index in [1.807, 2.05) is 30.3 Å². The Kier molecular flexibility index (Phi) is 5.78. The molecule has 3 rings (SSSR count). The number of methoxy groups -OCH3 is 1. The van der Waals surface area contributed by atoms with Crippen LogP contribution < -0.4 is 9.64 Å². The zero-order valence-electron chi connectivity index (χ0n) is 15.1. The minimum absolute atomic E-state index is 0.0670. The van der Waals surface area contributed by atoms with Crippen LogP contribution in [0.5, 0.6) is 5.75 Å². The fourth-order valence-corrected chi connectivity index (χ4v) is 5.55. The highest BCUT2D eigenvalue weighted by molar-refractivity contribution is 7.91. The molecule has 4 nitrogen and oxygen atoms in total. The number of hydrogen-bond acceptors (Lipinski definition) is 4. The molecule has 0 aliphatic carbocycles. The van der Waals surface area contributed by atoms with Crippen molar-refractivity contribution in [2.75, 3.05) is 24.3 Å². The Morgan fingerprint density at radius 2 is 1.96 bits per heavy atom. The molecule has 1 unspecified atom stereocenters. The Morgan fingerprint density at radius 1 is 1.23 bits per heavy atom. The van der Waals surface area contributed by atoms with E-state index in [0.29, 0.717) is 27.9 Å². The van der Waals surface area contributed by atoms with Crippen molar-refractivity contribution in [1.29, 1.82) is 0 Å². The molecule has 0 aromatic heterocycles. The molecule has 2 aromatic rings.